The number of hydrogen-bond acceptors (Lipinski definition) is 2. The lowest BCUT2D eigenvalue weighted by Crippen LogP contribution is -2.36. The standard InChI is InChI=1S/C16H12Br2N4S2/c17-11-5-1-9(2-6-11)13-19-15(23)22-14(20-16(24)21(13)22)10-3-7-12(18)8-4-10/h1-8,13-14H,(H,19,23)(H,20,24)/t13-,14-/m0/s1. The van der Waals surface area contributed by atoms with Gasteiger partial charge in [-0.05, 0) is 59.8 Å². The highest BCUT2D eigenvalue weighted by Crippen LogP contribution is 2.37. The van der Waals surface area contributed by atoms with Crippen molar-refractivity contribution in [3.05, 3.63) is 68.6 Å². The highest BCUT2D eigenvalue weighted by Gasteiger charge is 2.47. The van der Waals surface area contributed by atoms with Crippen LogP contribution in [0.2, 0.25) is 0 Å². The van der Waals surface area contributed by atoms with Crippen molar-refractivity contribution < 1.29 is 0 Å². The van der Waals surface area contributed by atoms with Crippen LogP contribution in [0.1, 0.15) is 23.5 Å². The fourth-order valence-corrected chi connectivity index (χ4v) is 4.05. The van der Waals surface area contributed by atoms with E-state index in [4.69, 9.17) is 24.4 Å². The van der Waals surface area contributed by atoms with Crippen molar-refractivity contribution in [1.82, 2.24) is 20.7 Å². The van der Waals surface area contributed by atoms with Crippen LogP contribution in [0.15, 0.2) is 57.5 Å². The first-order chi connectivity index (χ1) is 11.5. The molecular formula is C16H12Br2N4S2. The Bertz CT molecular complexity index is 740. The molecule has 2 saturated heterocycles. The lowest BCUT2D eigenvalue weighted by Gasteiger charge is -2.26. The number of hydrazine groups is 1. The third kappa shape index (κ3) is 2.71. The van der Waals surface area contributed by atoms with Crippen LogP contribution >= 0.6 is 56.3 Å². The van der Waals surface area contributed by atoms with Gasteiger partial charge in [-0.2, -0.15) is 0 Å². The minimum atomic E-state index is -0.106. The first kappa shape index (κ1) is 16.3. The topological polar surface area (TPSA) is 30.5 Å². The van der Waals surface area contributed by atoms with Gasteiger partial charge in [-0.3, -0.25) is 0 Å². The molecule has 4 nitrogen and oxygen atoms in total. The van der Waals surface area contributed by atoms with Crippen LogP contribution in [0, 0.1) is 0 Å². The average Bonchev–Trinajstić information content (AvgIpc) is 3.08. The average molecular weight is 484 g/mol. The fourth-order valence-electron chi connectivity index (χ4n) is 2.91. The quantitative estimate of drug-likeness (QED) is 0.622. The maximum absolute atomic E-state index is 5.57. The zero-order valence-corrected chi connectivity index (χ0v) is 17.0. The number of benzene rings is 2. The molecule has 0 radical (unpaired) electrons. The molecule has 4 rings (SSSR count). The van der Waals surface area contributed by atoms with Crippen molar-refractivity contribution in [2.45, 2.75) is 12.3 Å². The Morgan fingerprint density at radius 3 is 1.33 bits per heavy atom. The van der Waals surface area contributed by atoms with Gasteiger partial charge in [-0.25, -0.2) is 10.0 Å². The Hall–Kier alpha value is -1.22. The number of nitrogens with one attached hydrogen (secondary N) is 2. The van der Waals surface area contributed by atoms with Gasteiger partial charge in [-0.15, -0.1) is 0 Å². The molecule has 0 saturated carbocycles. The van der Waals surface area contributed by atoms with Gasteiger partial charge in [0.25, 0.3) is 0 Å². The molecule has 122 valence electrons. The maximum Gasteiger partial charge on any atom is 0.192 e. The van der Waals surface area contributed by atoms with E-state index in [1.54, 1.807) is 0 Å². The van der Waals surface area contributed by atoms with Crippen molar-refractivity contribution in [3.8, 4) is 0 Å². The summed E-state index contributed by atoms with van der Waals surface area (Å²) < 4.78 is 2.08. The van der Waals surface area contributed by atoms with E-state index < -0.39 is 0 Å². The number of fused-ring (bicyclic) bond motifs is 1. The van der Waals surface area contributed by atoms with Crippen molar-refractivity contribution in [2.24, 2.45) is 0 Å². The summed E-state index contributed by atoms with van der Waals surface area (Å²) in [4.78, 5) is 0. The number of nitrogens with zero attached hydrogens (tertiary/aromatic N) is 2. The summed E-state index contributed by atoms with van der Waals surface area (Å²) in [7, 11) is 0. The maximum atomic E-state index is 5.57. The molecule has 24 heavy (non-hydrogen) atoms. The van der Waals surface area contributed by atoms with E-state index in [1.807, 2.05) is 34.3 Å². The molecule has 0 bridgehead atoms. The SMILES string of the molecule is S=C1N[C@H](c2ccc(Br)cc2)N2C(=S)N[C@H](c3ccc(Br)cc3)N12. The first-order valence-electron chi connectivity index (χ1n) is 7.25. The van der Waals surface area contributed by atoms with E-state index in [0.29, 0.717) is 10.2 Å². The van der Waals surface area contributed by atoms with E-state index in [2.05, 4.69) is 66.8 Å². The second-order valence-corrected chi connectivity index (χ2v) is 8.10. The van der Waals surface area contributed by atoms with Gasteiger partial charge in [0.2, 0.25) is 0 Å². The van der Waals surface area contributed by atoms with Crippen LogP contribution < -0.4 is 10.6 Å². The Labute approximate surface area is 167 Å². The molecule has 0 aromatic heterocycles. The zero-order valence-electron chi connectivity index (χ0n) is 12.2. The van der Waals surface area contributed by atoms with Crippen molar-refractivity contribution in [2.75, 3.05) is 0 Å². The fraction of sp³-hybridized carbons (Fsp3) is 0.125. The molecule has 2 fully saturated rings. The Morgan fingerprint density at radius 1 is 0.667 bits per heavy atom. The Kier molecular flexibility index (Phi) is 4.24. The zero-order chi connectivity index (χ0) is 16.8. The van der Waals surface area contributed by atoms with Gasteiger partial charge in [0.1, 0.15) is 12.3 Å². The summed E-state index contributed by atoms with van der Waals surface area (Å²) in [5.74, 6) is 0. The van der Waals surface area contributed by atoms with Crippen LogP contribution in [0.3, 0.4) is 0 Å². The molecule has 2 heterocycles. The Balaban J connectivity index is 1.68. The summed E-state index contributed by atoms with van der Waals surface area (Å²) >= 11 is 18.1. The van der Waals surface area contributed by atoms with Crippen molar-refractivity contribution in [3.63, 3.8) is 0 Å². The van der Waals surface area contributed by atoms with Crippen molar-refractivity contribution >= 4 is 66.5 Å². The summed E-state index contributed by atoms with van der Waals surface area (Å²) in [5.41, 5.74) is 2.20. The molecule has 2 aromatic rings. The second-order valence-electron chi connectivity index (χ2n) is 5.50. The second kappa shape index (κ2) is 6.25. The third-order valence-electron chi connectivity index (χ3n) is 4.03. The van der Waals surface area contributed by atoms with E-state index in [1.165, 1.54) is 0 Å². The van der Waals surface area contributed by atoms with Gasteiger partial charge in [-0.1, -0.05) is 56.1 Å². The van der Waals surface area contributed by atoms with Gasteiger partial charge in [0.15, 0.2) is 10.2 Å². The van der Waals surface area contributed by atoms with Crippen molar-refractivity contribution in [1.29, 1.82) is 0 Å². The van der Waals surface area contributed by atoms with Gasteiger partial charge in [0, 0.05) is 8.95 Å². The minimum absolute atomic E-state index is 0.106. The Morgan fingerprint density at radius 2 is 1.00 bits per heavy atom. The molecular weight excluding hydrogens is 472 g/mol. The number of thiocarbonyl (C=S) groups is 2. The highest BCUT2D eigenvalue weighted by atomic mass is 79.9. The molecule has 0 aliphatic carbocycles. The van der Waals surface area contributed by atoms with E-state index in [-0.39, 0.29) is 12.3 Å². The molecule has 2 aliphatic heterocycles. The number of hydrogen-bond donors (Lipinski definition) is 2. The monoisotopic (exact) mass is 482 g/mol. The molecule has 2 aromatic carbocycles. The van der Waals surface area contributed by atoms with Crippen LogP contribution in [-0.2, 0) is 0 Å². The third-order valence-corrected chi connectivity index (χ3v) is 5.70. The van der Waals surface area contributed by atoms with Crippen LogP contribution in [-0.4, -0.2) is 20.2 Å². The predicted octanol–water partition coefficient (Wildman–Crippen LogP) is 4.20. The lowest BCUT2D eigenvalue weighted by molar-refractivity contribution is 0.114. The summed E-state index contributed by atoms with van der Waals surface area (Å²) in [6.45, 7) is 0. The lowest BCUT2D eigenvalue weighted by atomic mass is 10.2. The highest BCUT2D eigenvalue weighted by molar-refractivity contribution is 9.10. The summed E-state index contributed by atoms with van der Waals surface area (Å²) in [6.07, 6.45) is -0.211. The largest absolute Gasteiger partial charge is 0.336 e. The molecule has 0 amide bonds. The van der Waals surface area contributed by atoms with Gasteiger partial charge in [0.05, 0.1) is 0 Å². The van der Waals surface area contributed by atoms with Gasteiger partial charge < -0.3 is 10.6 Å². The number of halogens is 2. The van der Waals surface area contributed by atoms with E-state index >= 15 is 0 Å². The van der Waals surface area contributed by atoms with Gasteiger partial charge >= 0.3 is 0 Å². The summed E-state index contributed by atoms with van der Waals surface area (Å²) in [5, 5.41) is 12.1. The molecule has 0 spiro atoms. The van der Waals surface area contributed by atoms with Crippen LogP contribution in [0.4, 0.5) is 0 Å². The molecule has 2 atom stereocenters. The molecule has 2 N–H and O–H groups in total. The predicted molar refractivity (Wildman–Crippen MR) is 109 cm³/mol. The minimum Gasteiger partial charge on any atom is -0.336 e. The molecule has 2 aliphatic rings. The van der Waals surface area contributed by atoms with Crippen LogP contribution in [0.5, 0.6) is 0 Å². The molecule has 0 unspecified atom stereocenters. The molecule has 8 heteroatoms. The number of rotatable bonds is 2. The van der Waals surface area contributed by atoms with E-state index in [0.717, 1.165) is 20.1 Å². The van der Waals surface area contributed by atoms with Crippen LogP contribution in [0.25, 0.3) is 0 Å². The smallest absolute Gasteiger partial charge is 0.192 e. The summed E-state index contributed by atoms with van der Waals surface area (Å²) in [6, 6.07) is 16.3. The normalized spacial score (nSPS) is 22.4. The first-order valence-corrected chi connectivity index (χ1v) is 9.65. The van der Waals surface area contributed by atoms with E-state index in [9.17, 15) is 0 Å².